The minimum absolute atomic E-state index is 0.153. The van der Waals surface area contributed by atoms with E-state index in [4.69, 9.17) is 4.42 Å². The quantitative estimate of drug-likeness (QED) is 0.621. The fourth-order valence-electron chi connectivity index (χ4n) is 1.90. The molecule has 0 aliphatic carbocycles. The van der Waals surface area contributed by atoms with Crippen molar-refractivity contribution >= 4 is 22.2 Å². The predicted octanol–water partition coefficient (Wildman–Crippen LogP) is 2.09. The third-order valence-electron chi connectivity index (χ3n) is 2.53. The molecule has 16 heavy (non-hydrogen) atoms. The minimum atomic E-state index is -0.153. The van der Waals surface area contributed by atoms with E-state index in [9.17, 15) is 5.11 Å². The van der Waals surface area contributed by atoms with Gasteiger partial charge in [0.1, 0.15) is 11.8 Å². The predicted molar refractivity (Wildman–Crippen MR) is 58.2 cm³/mol. The summed E-state index contributed by atoms with van der Waals surface area (Å²) < 4.78 is 5.46. The van der Waals surface area contributed by atoms with Crippen molar-refractivity contribution in [1.29, 1.82) is 0 Å². The van der Waals surface area contributed by atoms with E-state index in [1.165, 1.54) is 6.33 Å². The molecular weight excluding hydrogens is 206 g/mol. The fourth-order valence-corrected chi connectivity index (χ4v) is 1.90. The summed E-state index contributed by atoms with van der Waals surface area (Å²) >= 11 is 0. The molecule has 0 radical (unpaired) electrons. The lowest BCUT2D eigenvalue weighted by Crippen LogP contribution is -1.84. The van der Waals surface area contributed by atoms with Crippen molar-refractivity contribution in [3.05, 3.63) is 23.7 Å². The van der Waals surface area contributed by atoms with Crippen LogP contribution in [0.5, 0.6) is 5.88 Å². The van der Waals surface area contributed by atoms with Crippen molar-refractivity contribution in [2.75, 3.05) is 0 Å². The Morgan fingerprint density at radius 1 is 1.25 bits per heavy atom. The Morgan fingerprint density at radius 2 is 2.06 bits per heavy atom. The molecule has 1 N–H and O–H groups in total. The van der Waals surface area contributed by atoms with E-state index in [-0.39, 0.29) is 5.88 Å². The van der Waals surface area contributed by atoms with Gasteiger partial charge in [0.2, 0.25) is 11.3 Å². The zero-order valence-electron chi connectivity index (χ0n) is 8.85. The molecule has 3 aromatic rings. The Balaban J connectivity index is 2.61. The first-order valence-electron chi connectivity index (χ1n) is 4.87. The number of fused-ring (bicyclic) bond motifs is 3. The molecule has 0 atom stereocenters. The van der Waals surface area contributed by atoms with E-state index in [1.54, 1.807) is 0 Å². The molecule has 0 amide bonds. The molecule has 0 saturated carbocycles. The molecular formula is C11H9N3O2. The molecule has 3 heterocycles. The molecule has 3 aromatic heterocycles. The Kier molecular flexibility index (Phi) is 1.65. The van der Waals surface area contributed by atoms with E-state index in [0.717, 1.165) is 16.6 Å². The average molecular weight is 215 g/mol. The van der Waals surface area contributed by atoms with Crippen LogP contribution in [0.1, 0.15) is 11.3 Å². The van der Waals surface area contributed by atoms with E-state index >= 15 is 0 Å². The number of aromatic hydroxyl groups is 1. The molecule has 5 heteroatoms. The van der Waals surface area contributed by atoms with Crippen molar-refractivity contribution in [2.24, 2.45) is 0 Å². The molecule has 0 spiro atoms. The van der Waals surface area contributed by atoms with Crippen LogP contribution < -0.4 is 0 Å². The summed E-state index contributed by atoms with van der Waals surface area (Å²) in [5, 5.41) is 10.4. The first-order valence-corrected chi connectivity index (χ1v) is 4.87. The van der Waals surface area contributed by atoms with Crippen LogP contribution in [0, 0.1) is 13.8 Å². The largest absolute Gasteiger partial charge is 0.491 e. The molecule has 0 fully saturated rings. The molecule has 3 rings (SSSR count). The molecule has 0 saturated heterocycles. The number of rotatable bonds is 0. The molecule has 0 unspecified atom stereocenters. The zero-order chi connectivity index (χ0) is 11.3. The number of hydrogen-bond donors (Lipinski definition) is 1. The van der Waals surface area contributed by atoms with Crippen LogP contribution in [-0.4, -0.2) is 20.1 Å². The van der Waals surface area contributed by atoms with Crippen LogP contribution >= 0.6 is 0 Å². The molecule has 0 aromatic carbocycles. The van der Waals surface area contributed by atoms with Gasteiger partial charge in [0.25, 0.3) is 5.88 Å². The summed E-state index contributed by atoms with van der Waals surface area (Å²) in [6.07, 6.45) is 1.31. The maximum Gasteiger partial charge on any atom is 0.259 e. The van der Waals surface area contributed by atoms with Gasteiger partial charge >= 0.3 is 0 Å². The zero-order valence-corrected chi connectivity index (χ0v) is 8.85. The standard InChI is InChI=1S/C11H9N3O2/c1-5-3-6(2)14-11-7(5)8-9(16-11)10(15)13-4-12-8/h3-4H,1-2H3,(H,12,13,15). The van der Waals surface area contributed by atoms with E-state index in [1.807, 2.05) is 19.9 Å². The van der Waals surface area contributed by atoms with Gasteiger partial charge in [0.15, 0.2) is 0 Å². The highest BCUT2D eigenvalue weighted by molar-refractivity contribution is 6.04. The normalized spacial score (nSPS) is 11.4. The highest BCUT2D eigenvalue weighted by atomic mass is 16.4. The van der Waals surface area contributed by atoms with E-state index < -0.39 is 0 Å². The second kappa shape index (κ2) is 2.91. The number of nitrogens with zero attached hydrogens (tertiary/aromatic N) is 3. The smallest absolute Gasteiger partial charge is 0.259 e. The minimum Gasteiger partial charge on any atom is -0.491 e. The van der Waals surface area contributed by atoms with Crippen LogP contribution in [0.2, 0.25) is 0 Å². The molecule has 0 aliphatic rings. The number of aromatic nitrogens is 3. The van der Waals surface area contributed by atoms with Gasteiger partial charge in [-0.1, -0.05) is 0 Å². The lowest BCUT2D eigenvalue weighted by molar-refractivity contribution is 0.446. The highest BCUT2D eigenvalue weighted by Crippen LogP contribution is 2.32. The number of pyridine rings is 1. The number of aryl methyl sites for hydroxylation is 2. The third kappa shape index (κ3) is 1.08. The maximum absolute atomic E-state index is 9.56. The van der Waals surface area contributed by atoms with Crippen molar-refractivity contribution in [3.63, 3.8) is 0 Å². The van der Waals surface area contributed by atoms with E-state index in [2.05, 4.69) is 15.0 Å². The summed E-state index contributed by atoms with van der Waals surface area (Å²) in [7, 11) is 0. The topological polar surface area (TPSA) is 72.0 Å². The van der Waals surface area contributed by atoms with Crippen molar-refractivity contribution in [2.45, 2.75) is 13.8 Å². The maximum atomic E-state index is 9.56. The van der Waals surface area contributed by atoms with Gasteiger partial charge < -0.3 is 9.52 Å². The van der Waals surface area contributed by atoms with Gasteiger partial charge in [-0.15, -0.1) is 0 Å². The molecule has 0 aliphatic heterocycles. The SMILES string of the molecule is Cc1cc(C)c2c(n1)oc1c(O)ncnc12. The van der Waals surface area contributed by atoms with Crippen molar-refractivity contribution < 1.29 is 9.52 Å². The van der Waals surface area contributed by atoms with Crippen LogP contribution in [0.15, 0.2) is 16.8 Å². The Hall–Kier alpha value is -2.17. The second-order valence-electron chi connectivity index (χ2n) is 3.74. The van der Waals surface area contributed by atoms with Gasteiger partial charge in [0, 0.05) is 5.69 Å². The Labute approximate surface area is 90.8 Å². The van der Waals surface area contributed by atoms with Crippen LogP contribution in [0.25, 0.3) is 22.2 Å². The van der Waals surface area contributed by atoms with Crippen LogP contribution in [0.3, 0.4) is 0 Å². The summed E-state index contributed by atoms with van der Waals surface area (Å²) in [6.45, 7) is 3.86. The monoisotopic (exact) mass is 215 g/mol. The number of hydrogen-bond acceptors (Lipinski definition) is 5. The third-order valence-corrected chi connectivity index (χ3v) is 2.53. The second-order valence-corrected chi connectivity index (χ2v) is 3.74. The fraction of sp³-hybridized carbons (Fsp3) is 0.182. The number of furan rings is 1. The van der Waals surface area contributed by atoms with Crippen LogP contribution in [0.4, 0.5) is 0 Å². The first kappa shape index (κ1) is 9.08. The molecule has 80 valence electrons. The van der Waals surface area contributed by atoms with E-state index in [0.29, 0.717) is 16.8 Å². The molecule has 5 nitrogen and oxygen atoms in total. The van der Waals surface area contributed by atoms with Gasteiger partial charge in [-0.25, -0.2) is 9.97 Å². The summed E-state index contributed by atoms with van der Waals surface area (Å²) in [4.78, 5) is 12.1. The first-order chi connectivity index (χ1) is 7.66. The van der Waals surface area contributed by atoms with Gasteiger partial charge in [-0.05, 0) is 25.5 Å². The lowest BCUT2D eigenvalue weighted by atomic mass is 10.1. The van der Waals surface area contributed by atoms with Crippen LogP contribution in [-0.2, 0) is 0 Å². The lowest BCUT2D eigenvalue weighted by Gasteiger charge is -1.96. The molecule has 0 bridgehead atoms. The van der Waals surface area contributed by atoms with Crippen molar-refractivity contribution in [1.82, 2.24) is 15.0 Å². The summed E-state index contributed by atoms with van der Waals surface area (Å²) in [6, 6.07) is 1.95. The Morgan fingerprint density at radius 3 is 2.88 bits per heavy atom. The summed E-state index contributed by atoms with van der Waals surface area (Å²) in [5.41, 5.74) is 3.28. The average Bonchev–Trinajstić information content (AvgIpc) is 2.57. The Bertz CT molecular complexity index is 703. The van der Waals surface area contributed by atoms with Gasteiger partial charge in [-0.2, -0.15) is 4.98 Å². The van der Waals surface area contributed by atoms with Crippen molar-refractivity contribution in [3.8, 4) is 5.88 Å². The summed E-state index contributed by atoms with van der Waals surface area (Å²) in [5.74, 6) is -0.153. The van der Waals surface area contributed by atoms with Gasteiger partial charge in [-0.3, -0.25) is 0 Å². The van der Waals surface area contributed by atoms with Gasteiger partial charge in [0.05, 0.1) is 5.39 Å². The highest BCUT2D eigenvalue weighted by Gasteiger charge is 2.15.